The van der Waals surface area contributed by atoms with Crippen LogP contribution < -0.4 is 15.4 Å². The summed E-state index contributed by atoms with van der Waals surface area (Å²) in [4.78, 5) is 39.1. The molecule has 9 nitrogen and oxygen atoms in total. The molecule has 0 saturated carbocycles. The summed E-state index contributed by atoms with van der Waals surface area (Å²) >= 11 is 0. The Balaban J connectivity index is 1.70. The molecule has 3 N–H and O–H groups in total. The lowest BCUT2D eigenvalue weighted by atomic mass is 10.1. The Hall–Kier alpha value is -3.59. The second-order valence-electron chi connectivity index (χ2n) is 7.43. The summed E-state index contributed by atoms with van der Waals surface area (Å²) in [5.74, 6) is -0.280. The Morgan fingerprint density at radius 2 is 1.78 bits per heavy atom. The van der Waals surface area contributed by atoms with Gasteiger partial charge in [-0.05, 0) is 49.2 Å². The van der Waals surface area contributed by atoms with Gasteiger partial charge < -0.3 is 30.1 Å². The SMILES string of the molecule is COC(=O)c1ccccc1NC(=O)N1CCCC(O)C(NC(=O)c2ccc(OC)cc2)C1. The van der Waals surface area contributed by atoms with Crippen molar-refractivity contribution >= 4 is 23.6 Å². The van der Waals surface area contributed by atoms with E-state index in [-0.39, 0.29) is 18.0 Å². The molecule has 2 atom stereocenters. The number of carbonyl (C=O) groups is 3. The summed E-state index contributed by atoms with van der Waals surface area (Å²) in [5.41, 5.74) is 0.987. The minimum atomic E-state index is -0.794. The smallest absolute Gasteiger partial charge is 0.339 e. The van der Waals surface area contributed by atoms with E-state index in [0.29, 0.717) is 36.4 Å². The molecule has 2 aromatic rings. The molecule has 1 heterocycles. The first-order valence-electron chi connectivity index (χ1n) is 10.3. The number of esters is 1. The molecule has 0 bridgehead atoms. The van der Waals surface area contributed by atoms with Crippen LogP contribution in [0.4, 0.5) is 10.5 Å². The highest BCUT2D eigenvalue weighted by atomic mass is 16.5. The number of aliphatic hydroxyl groups is 1. The second-order valence-corrected chi connectivity index (χ2v) is 7.43. The van der Waals surface area contributed by atoms with Gasteiger partial charge in [0, 0.05) is 18.7 Å². The van der Waals surface area contributed by atoms with Crippen LogP contribution >= 0.6 is 0 Å². The number of benzene rings is 2. The first-order valence-corrected chi connectivity index (χ1v) is 10.3. The van der Waals surface area contributed by atoms with Crippen LogP contribution in [0, 0.1) is 0 Å². The first kappa shape index (κ1) is 23.1. The third-order valence-corrected chi connectivity index (χ3v) is 5.34. The molecule has 9 heteroatoms. The number of hydrogen-bond acceptors (Lipinski definition) is 6. The molecule has 2 aromatic carbocycles. The number of nitrogens with zero attached hydrogens (tertiary/aromatic N) is 1. The molecular weight excluding hydrogens is 414 g/mol. The fourth-order valence-corrected chi connectivity index (χ4v) is 3.54. The Labute approximate surface area is 186 Å². The number of urea groups is 1. The van der Waals surface area contributed by atoms with E-state index in [2.05, 4.69) is 10.6 Å². The first-order chi connectivity index (χ1) is 15.4. The van der Waals surface area contributed by atoms with Gasteiger partial charge in [-0.15, -0.1) is 0 Å². The third kappa shape index (κ3) is 5.55. The van der Waals surface area contributed by atoms with Crippen LogP contribution in [-0.2, 0) is 4.74 Å². The van der Waals surface area contributed by atoms with Crippen LogP contribution in [0.1, 0.15) is 33.6 Å². The monoisotopic (exact) mass is 441 g/mol. The zero-order valence-corrected chi connectivity index (χ0v) is 18.0. The van der Waals surface area contributed by atoms with Gasteiger partial charge in [0.1, 0.15) is 5.75 Å². The summed E-state index contributed by atoms with van der Waals surface area (Å²) in [7, 11) is 2.81. The fraction of sp³-hybridized carbons (Fsp3) is 0.348. The van der Waals surface area contributed by atoms with Crippen molar-refractivity contribution in [3.05, 3.63) is 59.7 Å². The number of ether oxygens (including phenoxy) is 2. The highest BCUT2D eigenvalue weighted by Crippen LogP contribution is 2.19. The molecule has 3 amide bonds. The van der Waals surface area contributed by atoms with Gasteiger partial charge in [-0.1, -0.05) is 12.1 Å². The molecule has 1 aliphatic heterocycles. The van der Waals surface area contributed by atoms with Crippen molar-refractivity contribution < 1.29 is 29.0 Å². The van der Waals surface area contributed by atoms with Gasteiger partial charge in [0.05, 0.1) is 37.6 Å². The van der Waals surface area contributed by atoms with Gasteiger partial charge in [-0.2, -0.15) is 0 Å². The van der Waals surface area contributed by atoms with E-state index in [4.69, 9.17) is 9.47 Å². The Kier molecular flexibility index (Phi) is 7.67. The van der Waals surface area contributed by atoms with Gasteiger partial charge in [-0.3, -0.25) is 4.79 Å². The molecule has 0 aliphatic carbocycles. The Morgan fingerprint density at radius 1 is 1.06 bits per heavy atom. The van der Waals surface area contributed by atoms with Crippen molar-refractivity contribution in [1.29, 1.82) is 0 Å². The Morgan fingerprint density at radius 3 is 2.47 bits per heavy atom. The summed E-state index contributed by atoms with van der Waals surface area (Å²) in [6.45, 7) is 0.521. The predicted molar refractivity (Wildman–Crippen MR) is 118 cm³/mol. The van der Waals surface area contributed by atoms with Gasteiger partial charge >= 0.3 is 12.0 Å². The number of nitrogens with one attached hydrogen (secondary N) is 2. The van der Waals surface area contributed by atoms with Crippen LogP contribution in [-0.4, -0.2) is 67.4 Å². The maximum Gasteiger partial charge on any atom is 0.339 e. The highest BCUT2D eigenvalue weighted by Gasteiger charge is 2.30. The van der Waals surface area contributed by atoms with Crippen LogP contribution in [0.2, 0.25) is 0 Å². The number of hydrogen-bond donors (Lipinski definition) is 3. The molecule has 0 aromatic heterocycles. The molecule has 0 spiro atoms. The Bertz CT molecular complexity index is 962. The van der Waals surface area contributed by atoms with E-state index >= 15 is 0 Å². The quantitative estimate of drug-likeness (QED) is 0.613. The molecule has 1 aliphatic rings. The molecular formula is C23H27N3O6. The zero-order chi connectivity index (χ0) is 23.1. The molecule has 2 unspecified atom stereocenters. The molecule has 3 rings (SSSR count). The van der Waals surface area contributed by atoms with Crippen LogP contribution in [0.5, 0.6) is 5.75 Å². The van der Waals surface area contributed by atoms with Crippen molar-refractivity contribution in [2.45, 2.75) is 25.0 Å². The standard InChI is InChI=1S/C23H27N3O6/c1-31-16-11-9-15(10-12-16)21(28)24-19-14-26(13-5-8-20(19)27)23(30)25-18-7-4-3-6-17(18)22(29)32-2/h3-4,6-7,9-12,19-20,27H,5,8,13-14H2,1-2H3,(H,24,28)(H,25,30). The summed E-state index contributed by atoms with van der Waals surface area (Å²) < 4.78 is 9.86. The molecule has 1 saturated heterocycles. The van der Waals surface area contributed by atoms with Crippen molar-refractivity contribution in [2.24, 2.45) is 0 Å². The van der Waals surface area contributed by atoms with Crippen molar-refractivity contribution in [3.8, 4) is 5.75 Å². The van der Waals surface area contributed by atoms with Crippen LogP contribution in [0.25, 0.3) is 0 Å². The largest absolute Gasteiger partial charge is 0.497 e. The predicted octanol–water partition coefficient (Wildman–Crippen LogP) is 2.27. The molecule has 170 valence electrons. The lowest BCUT2D eigenvalue weighted by molar-refractivity contribution is 0.0601. The number of rotatable bonds is 5. The molecule has 0 radical (unpaired) electrons. The minimum Gasteiger partial charge on any atom is -0.497 e. The fourth-order valence-electron chi connectivity index (χ4n) is 3.54. The average Bonchev–Trinajstić information content (AvgIpc) is 3.00. The molecule has 1 fully saturated rings. The number of amides is 3. The average molecular weight is 441 g/mol. The third-order valence-electron chi connectivity index (χ3n) is 5.34. The highest BCUT2D eigenvalue weighted by molar-refractivity contribution is 6.00. The lowest BCUT2D eigenvalue weighted by Gasteiger charge is -2.27. The maximum atomic E-state index is 12.9. The van der Waals surface area contributed by atoms with E-state index in [1.54, 1.807) is 55.6 Å². The van der Waals surface area contributed by atoms with Crippen molar-refractivity contribution in [1.82, 2.24) is 10.2 Å². The number of aliphatic hydroxyl groups excluding tert-OH is 1. The summed E-state index contributed by atoms with van der Waals surface area (Å²) in [5, 5.41) is 16.1. The van der Waals surface area contributed by atoms with E-state index < -0.39 is 24.1 Å². The number of carbonyl (C=O) groups excluding carboxylic acids is 3. The van der Waals surface area contributed by atoms with Gasteiger partial charge in [-0.25, -0.2) is 9.59 Å². The normalized spacial score (nSPS) is 18.3. The maximum absolute atomic E-state index is 12.9. The van der Waals surface area contributed by atoms with Gasteiger partial charge in [0.25, 0.3) is 5.91 Å². The van der Waals surface area contributed by atoms with Crippen molar-refractivity contribution in [2.75, 3.05) is 32.6 Å². The van der Waals surface area contributed by atoms with E-state index in [9.17, 15) is 19.5 Å². The lowest BCUT2D eigenvalue weighted by Crippen LogP contribution is -2.50. The number of anilines is 1. The minimum absolute atomic E-state index is 0.120. The number of para-hydroxylation sites is 1. The van der Waals surface area contributed by atoms with E-state index in [0.717, 1.165) is 0 Å². The van der Waals surface area contributed by atoms with E-state index in [1.165, 1.54) is 12.0 Å². The van der Waals surface area contributed by atoms with Crippen LogP contribution in [0.15, 0.2) is 48.5 Å². The topological polar surface area (TPSA) is 117 Å². The summed E-state index contributed by atoms with van der Waals surface area (Å²) in [6, 6.07) is 12.1. The van der Waals surface area contributed by atoms with Gasteiger partial charge in [0.15, 0.2) is 0 Å². The number of methoxy groups -OCH3 is 2. The van der Waals surface area contributed by atoms with E-state index in [1.807, 2.05) is 0 Å². The number of likely N-dealkylation sites (tertiary alicyclic amines) is 1. The second kappa shape index (κ2) is 10.6. The van der Waals surface area contributed by atoms with Crippen molar-refractivity contribution in [3.63, 3.8) is 0 Å². The zero-order valence-electron chi connectivity index (χ0n) is 18.0. The van der Waals surface area contributed by atoms with Crippen LogP contribution in [0.3, 0.4) is 0 Å². The summed E-state index contributed by atoms with van der Waals surface area (Å²) in [6.07, 6.45) is 0.218. The molecule has 32 heavy (non-hydrogen) atoms. The van der Waals surface area contributed by atoms with Gasteiger partial charge in [0.2, 0.25) is 0 Å².